The van der Waals surface area contributed by atoms with Crippen LogP contribution in [-0.4, -0.2) is 6.61 Å². The van der Waals surface area contributed by atoms with E-state index in [9.17, 15) is 0 Å². The van der Waals surface area contributed by atoms with E-state index in [1.807, 2.05) is 6.07 Å². The third-order valence-corrected chi connectivity index (χ3v) is 4.20. The largest absolute Gasteiger partial charge is 0.376 e. The molecule has 0 aromatic heterocycles. The number of allylic oxidation sites excluding steroid dienone is 1. The highest BCUT2D eigenvalue weighted by Crippen LogP contribution is 2.39. The van der Waals surface area contributed by atoms with E-state index in [4.69, 9.17) is 4.74 Å². The average molecular weight is 244 g/mol. The highest BCUT2D eigenvalue weighted by molar-refractivity contribution is 5.13. The molecule has 1 nitrogen and oxygen atoms in total. The molecule has 0 bridgehead atoms. The van der Waals surface area contributed by atoms with E-state index in [2.05, 4.69) is 44.7 Å². The predicted molar refractivity (Wildman–Crippen MR) is 76.3 cm³/mol. The topological polar surface area (TPSA) is 9.23 Å². The zero-order valence-corrected chi connectivity index (χ0v) is 11.6. The highest BCUT2D eigenvalue weighted by atomic mass is 16.5. The summed E-state index contributed by atoms with van der Waals surface area (Å²) in [5.74, 6) is 1.95. The highest BCUT2D eigenvalue weighted by Gasteiger charge is 2.29. The van der Waals surface area contributed by atoms with Crippen molar-refractivity contribution in [2.75, 3.05) is 6.61 Å². The summed E-state index contributed by atoms with van der Waals surface area (Å²) in [7, 11) is 0. The van der Waals surface area contributed by atoms with Gasteiger partial charge < -0.3 is 4.74 Å². The van der Waals surface area contributed by atoms with Crippen molar-refractivity contribution in [3.63, 3.8) is 0 Å². The number of ether oxygens (including phenoxy) is 1. The van der Waals surface area contributed by atoms with E-state index in [0.29, 0.717) is 17.8 Å². The van der Waals surface area contributed by atoms with Crippen LogP contribution in [0.3, 0.4) is 0 Å². The van der Waals surface area contributed by atoms with Gasteiger partial charge in [0, 0.05) is 0 Å². The summed E-state index contributed by atoms with van der Waals surface area (Å²) in [6.07, 6.45) is 2.59. The summed E-state index contributed by atoms with van der Waals surface area (Å²) in [5, 5.41) is 0. The van der Waals surface area contributed by atoms with Gasteiger partial charge in [0.05, 0.1) is 13.2 Å². The first kappa shape index (κ1) is 13.4. The van der Waals surface area contributed by atoms with Gasteiger partial charge in [-0.2, -0.15) is 0 Å². The summed E-state index contributed by atoms with van der Waals surface area (Å²) in [4.78, 5) is 0. The molecule has 18 heavy (non-hydrogen) atoms. The van der Waals surface area contributed by atoms with Crippen LogP contribution in [-0.2, 0) is 11.3 Å². The molecule has 0 saturated heterocycles. The van der Waals surface area contributed by atoms with Crippen molar-refractivity contribution in [2.24, 2.45) is 17.8 Å². The molecule has 1 aliphatic rings. The Morgan fingerprint density at radius 2 is 2.00 bits per heavy atom. The molecule has 0 amide bonds. The van der Waals surface area contributed by atoms with Crippen molar-refractivity contribution in [1.82, 2.24) is 0 Å². The summed E-state index contributed by atoms with van der Waals surface area (Å²) in [6.45, 7) is 10.4. The van der Waals surface area contributed by atoms with Crippen LogP contribution in [0.1, 0.15) is 32.3 Å². The fourth-order valence-corrected chi connectivity index (χ4v) is 2.87. The third-order valence-electron chi connectivity index (χ3n) is 4.20. The summed E-state index contributed by atoms with van der Waals surface area (Å²) in [5.41, 5.74) is 2.69. The molecule has 3 atom stereocenters. The van der Waals surface area contributed by atoms with Crippen molar-refractivity contribution in [1.29, 1.82) is 0 Å². The number of benzene rings is 1. The second-order valence-electron chi connectivity index (χ2n) is 5.64. The van der Waals surface area contributed by atoms with Crippen LogP contribution in [0.15, 0.2) is 42.5 Å². The SMILES string of the molecule is C=C1[C@H](C)CC[C@@H]1[C@H](C)COCc1ccccc1. The predicted octanol–water partition coefficient (Wildman–Crippen LogP) is 4.44. The smallest absolute Gasteiger partial charge is 0.0717 e. The molecule has 0 N–H and O–H groups in total. The van der Waals surface area contributed by atoms with Crippen LogP contribution >= 0.6 is 0 Å². The van der Waals surface area contributed by atoms with Gasteiger partial charge in [-0.3, -0.25) is 0 Å². The first-order valence-electron chi connectivity index (χ1n) is 6.99. The minimum absolute atomic E-state index is 0.589. The van der Waals surface area contributed by atoms with Crippen LogP contribution < -0.4 is 0 Å². The Morgan fingerprint density at radius 3 is 2.61 bits per heavy atom. The Bertz CT molecular complexity index is 382. The maximum Gasteiger partial charge on any atom is 0.0717 e. The second-order valence-corrected chi connectivity index (χ2v) is 5.64. The molecule has 1 heteroatoms. The van der Waals surface area contributed by atoms with Gasteiger partial charge in [-0.15, -0.1) is 0 Å². The Morgan fingerprint density at radius 1 is 1.28 bits per heavy atom. The number of hydrogen-bond acceptors (Lipinski definition) is 1. The molecule has 1 aromatic carbocycles. The lowest BCUT2D eigenvalue weighted by molar-refractivity contribution is 0.0786. The average Bonchev–Trinajstić information content (AvgIpc) is 2.71. The van der Waals surface area contributed by atoms with Crippen LogP contribution in [0, 0.1) is 17.8 Å². The lowest BCUT2D eigenvalue weighted by Gasteiger charge is -2.21. The molecule has 1 saturated carbocycles. The monoisotopic (exact) mass is 244 g/mol. The van der Waals surface area contributed by atoms with Crippen LogP contribution in [0.25, 0.3) is 0 Å². The molecular formula is C17H24O. The van der Waals surface area contributed by atoms with Crippen molar-refractivity contribution in [3.8, 4) is 0 Å². The quantitative estimate of drug-likeness (QED) is 0.696. The molecule has 2 rings (SSSR count). The zero-order valence-electron chi connectivity index (χ0n) is 11.6. The minimum atomic E-state index is 0.589. The summed E-state index contributed by atoms with van der Waals surface area (Å²) in [6, 6.07) is 10.4. The second kappa shape index (κ2) is 6.19. The van der Waals surface area contributed by atoms with E-state index in [0.717, 1.165) is 13.2 Å². The maximum absolute atomic E-state index is 5.84. The molecule has 0 aliphatic heterocycles. The molecule has 0 spiro atoms. The van der Waals surface area contributed by atoms with Gasteiger partial charge in [0.15, 0.2) is 0 Å². The van der Waals surface area contributed by atoms with E-state index in [-0.39, 0.29) is 0 Å². The van der Waals surface area contributed by atoms with Crippen LogP contribution in [0.5, 0.6) is 0 Å². The van der Waals surface area contributed by atoms with Gasteiger partial charge in [-0.25, -0.2) is 0 Å². The number of hydrogen-bond donors (Lipinski definition) is 0. The van der Waals surface area contributed by atoms with E-state index in [1.54, 1.807) is 0 Å². The Labute approximate surface area is 111 Å². The Balaban J connectivity index is 1.75. The summed E-state index contributed by atoms with van der Waals surface area (Å²) >= 11 is 0. The minimum Gasteiger partial charge on any atom is -0.376 e. The third kappa shape index (κ3) is 3.23. The van der Waals surface area contributed by atoms with Gasteiger partial charge in [0.2, 0.25) is 0 Å². The van der Waals surface area contributed by atoms with Crippen LogP contribution in [0.2, 0.25) is 0 Å². The van der Waals surface area contributed by atoms with Gasteiger partial charge in [0.1, 0.15) is 0 Å². The van der Waals surface area contributed by atoms with Crippen molar-refractivity contribution >= 4 is 0 Å². The van der Waals surface area contributed by atoms with E-state index in [1.165, 1.54) is 24.0 Å². The normalized spacial score (nSPS) is 25.3. The molecule has 1 fully saturated rings. The van der Waals surface area contributed by atoms with Crippen molar-refractivity contribution in [3.05, 3.63) is 48.0 Å². The molecule has 0 heterocycles. The Kier molecular flexibility index (Phi) is 4.60. The molecular weight excluding hydrogens is 220 g/mol. The molecule has 0 radical (unpaired) electrons. The van der Waals surface area contributed by atoms with Gasteiger partial charge >= 0.3 is 0 Å². The molecule has 1 aliphatic carbocycles. The van der Waals surface area contributed by atoms with Gasteiger partial charge in [-0.05, 0) is 36.2 Å². The summed E-state index contributed by atoms with van der Waals surface area (Å²) < 4.78 is 5.84. The maximum atomic E-state index is 5.84. The lowest BCUT2D eigenvalue weighted by atomic mass is 9.89. The lowest BCUT2D eigenvalue weighted by Crippen LogP contribution is -2.16. The Hall–Kier alpha value is -1.08. The number of rotatable bonds is 5. The fourth-order valence-electron chi connectivity index (χ4n) is 2.87. The van der Waals surface area contributed by atoms with Crippen molar-refractivity contribution < 1.29 is 4.74 Å². The molecule has 0 unspecified atom stereocenters. The van der Waals surface area contributed by atoms with Gasteiger partial charge in [0.25, 0.3) is 0 Å². The first-order chi connectivity index (χ1) is 8.68. The van der Waals surface area contributed by atoms with E-state index < -0.39 is 0 Å². The first-order valence-corrected chi connectivity index (χ1v) is 6.99. The fraction of sp³-hybridized carbons (Fsp3) is 0.529. The molecule has 1 aromatic rings. The van der Waals surface area contributed by atoms with Crippen LogP contribution in [0.4, 0.5) is 0 Å². The zero-order chi connectivity index (χ0) is 13.0. The standard InChI is InChI=1S/C17H24O/c1-13-9-10-17(15(13)3)14(2)11-18-12-16-7-5-4-6-8-16/h4-8,13-14,17H,3,9-12H2,1-2H3/t13-,14-,17-/m1/s1. The molecule has 98 valence electrons. The van der Waals surface area contributed by atoms with Crippen molar-refractivity contribution in [2.45, 2.75) is 33.3 Å². The van der Waals surface area contributed by atoms with Gasteiger partial charge in [-0.1, -0.05) is 56.3 Å². The van der Waals surface area contributed by atoms with E-state index >= 15 is 0 Å².